The Bertz CT molecular complexity index is 373. The number of esters is 1. The Labute approximate surface area is 93.6 Å². The second-order valence-electron chi connectivity index (χ2n) is 3.12. The topological polar surface area (TPSA) is 81.4 Å². The summed E-state index contributed by atoms with van der Waals surface area (Å²) in [6.45, 7) is 2.17. The van der Waals surface area contributed by atoms with Gasteiger partial charge in [-0.1, -0.05) is 0 Å². The molecule has 0 aromatic heterocycles. The van der Waals surface area contributed by atoms with E-state index >= 15 is 0 Å². The van der Waals surface area contributed by atoms with Gasteiger partial charge in [0.25, 0.3) is 0 Å². The van der Waals surface area contributed by atoms with Crippen molar-refractivity contribution in [1.29, 1.82) is 0 Å². The van der Waals surface area contributed by atoms with Crippen molar-refractivity contribution < 1.29 is 14.3 Å². The van der Waals surface area contributed by atoms with Crippen molar-refractivity contribution in [2.75, 3.05) is 18.5 Å². The third kappa shape index (κ3) is 3.61. The molecule has 3 N–H and O–H groups in total. The lowest BCUT2D eigenvalue weighted by atomic mass is 10.2. The van der Waals surface area contributed by atoms with E-state index in [0.717, 1.165) is 5.69 Å². The summed E-state index contributed by atoms with van der Waals surface area (Å²) in [5.41, 5.74) is 6.19. The zero-order valence-corrected chi connectivity index (χ0v) is 9.03. The highest BCUT2D eigenvalue weighted by Gasteiger charge is 2.05. The van der Waals surface area contributed by atoms with Crippen LogP contribution < -0.4 is 11.1 Å². The Kier molecular flexibility index (Phi) is 4.32. The molecular weight excluding hydrogens is 208 g/mol. The van der Waals surface area contributed by atoms with Gasteiger partial charge in [-0.3, -0.25) is 4.79 Å². The van der Waals surface area contributed by atoms with E-state index in [-0.39, 0.29) is 12.5 Å². The number of amides is 1. The van der Waals surface area contributed by atoms with Gasteiger partial charge in [-0.25, -0.2) is 4.79 Å². The van der Waals surface area contributed by atoms with Crippen LogP contribution >= 0.6 is 0 Å². The molecule has 5 heteroatoms. The SMILES string of the molecule is CCOC(=O)c1ccc(NCC(N)=O)cc1. The first kappa shape index (κ1) is 12.0. The molecule has 0 fully saturated rings. The fourth-order valence-electron chi connectivity index (χ4n) is 1.13. The molecule has 1 rings (SSSR count). The molecule has 0 aliphatic heterocycles. The number of rotatable bonds is 5. The van der Waals surface area contributed by atoms with Crippen molar-refractivity contribution in [3.8, 4) is 0 Å². The molecule has 1 aromatic carbocycles. The van der Waals surface area contributed by atoms with Crippen molar-refractivity contribution in [3.05, 3.63) is 29.8 Å². The number of nitrogens with one attached hydrogen (secondary N) is 1. The first-order valence-corrected chi connectivity index (χ1v) is 4.93. The Hall–Kier alpha value is -2.04. The molecule has 86 valence electrons. The lowest BCUT2D eigenvalue weighted by molar-refractivity contribution is -0.116. The lowest BCUT2D eigenvalue weighted by Crippen LogP contribution is -2.21. The van der Waals surface area contributed by atoms with Gasteiger partial charge in [0.2, 0.25) is 5.91 Å². The van der Waals surface area contributed by atoms with Crippen LogP contribution in [0, 0.1) is 0 Å². The van der Waals surface area contributed by atoms with E-state index in [1.165, 1.54) is 0 Å². The van der Waals surface area contributed by atoms with Crippen molar-refractivity contribution in [2.45, 2.75) is 6.92 Å². The highest BCUT2D eigenvalue weighted by Crippen LogP contribution is 2.10. The molecule has 0 heterocycles. The number of carbonyl (C=O) groups is 2. The summed E-state index contributed by atoms with van der Waals surface area (Å²) in [6.07, 6.45) is 0. The highest BCUT2D eigenvalue weighted by molar-refractivity contribution is 5.89. The number of anilines is 1. The van der Waals surface area contributed by atoms with Crippen molar-refractivity contribution in [3.63, 3.8) is 0 Å². The van der Waals surface area contributed by atoms with Crippen molar-refractivity contribution in [2.24, 2.45) is 5.73 Å². The minimum Gasteiger partial charge on any atom is -0.462 e. The smallest absolute Gasteiger partial charge is 0.338 e. The number of carbonyl (C=O) groups excluding carboxylic acids is 2. The van der Waals surface area contributed by atoms with E-state index in [0.29, 0.717) is 12.2 Å². The molecule has 0 unspecified atom stereocenters. The highest BCUT2D eigenvalue weighted by atomic mass is 16.5. The number of hydrogen-bond donors (Lipinski definition) is 2. The minimum atomic E-state index is -0.436. The summed E-state index contributed by atoms with van der Waals surface area (Å²) >= 11 is 0. The summed E-state index contributed by atoms with van der Waals surface area (Å²) in [6, 6.07) is 6.63. The molecule has 0 aliphatic rings. The standard InChI is InChI=1S/C11H14N2O3/c1-2-16-11(15)8-3-5-9(6-4-8)13-7-10(12)14/h3-6,13H,2,7H2,1H3,(H2,12,14). The van der Waals surface area contributed by atoms with Crippen LogP contribution in [0.2, 0.25) is 0 Å². The third-order valence-electron chi connectivity index (χ3n) is 1.86. The molecule has 0 saturated carbocycles. The van der Waals surface area contributed by atoms with Gasteiger partial charge in [-0.15, -0.1) is 0 Å². The fraction of sp³-hybridized carbons (Fsp3) is 0.273. The van der Waals surface area contributed by atoms with Gasteiger partial charge in [-0.2, -0.15) is 0 Å². The predicted molar refractivity (Wildman–Crippen MR) is 60.1 cm³/mol. The Morgan fingerprint density at radius 3 is 2.44 bits per heavy atom. The third-order valence-corrected chi connectivity index (χ3v) is 1.86. The van der Waals surface area contributed by atoms with E-state index in [1.54, 1.807) is 31.2 Å². The summed E-state index contributed by atoms with van der Waals surface area (Å²) < 4.78 is 4.83. The number of nitrogens with two attached hydrogens (primary N) is 1. The molecular formula is C11H14N2O3. The second-order valence-corrected chi connectivity index (χ2v) is 3.12. The Morgan fingerprint density at radius 1 is 1.31 bits per heavy atom. The van der Waals surface area contributed by atoms with E-state index in [1.807, 2.05) is 0 Å². The maximum absolute atomic E-state index is 11.3. The molecule has 0 aliphatic carbocycles. The minimum absolute atomic E-state index is 0.0682. The quantitative estimate of drug-likeness (QED) is 0.721. The average molecular weight is 222 g/mol. The van der Waals surface area contributed by atoms with Crippen molar-refractivity contribution >= 4 is 17.6 Å². The van der Waals surface area contributed by atoms with E-state index in [9.17, 15) is 9.59 Å². The number of hydrogen-bond acceptors (Lipinski definition) is 4. The van der Waals surface area contributed by atoms with Crippen molar-refractivity contribution in [1.82, 2.24) is 0 Å². The molecule has 0 atom stereocenters. The molecule has 0 saturated heterocycles. The fourth-order valence-corrected chi connectivity index (χ4v) is 1.13. The van der Waals surface area contributed by atoms with Gasteiger partial charge in [-0.05, 0) is 31.2 Å². The second kappa shape index (κ2) is 5.75. The molecule has 1 amide bonds. The Balaban J connectivity index is 2.60. The van der Waals surface area contributed by atoms with Crippen LogP contribution in [-0.4, -0.2) is 25.0 Å². The Morgan fingerprint density at radius 2 is 1.94 bits per heavy atom. The van der Waals surface area contributed by atoms with Gasteiger partial charge >= 0.3 is 5.97 Å². The molecule has 1 aromatic rings. The van der Waals surface area contributed by atoms with Crippen LogP contribution in [0.4, 0.5) is 5.69 Å². The zero-order chi connectivity index (χ0) is 12.0. The van der Waals surface area contributed by atoms with Crippen LogP contribution in [0.25, 0.3) is 0 Å². The maximum Gasteiger partial charge on any atom is 0.338 e. The average Bonchev–Trinajstić information content (AvgIpc) is 2.27. The molecule has 0 bridgehead atoms. The van der Waals surface area contributed by atoms with Crippen LogP contribution in [0.15, 0.2) is 24.3 Å². The lowest BCUT2D eigenvalue weighted by Gasteiger charge is -2.05. The monoisotopic (exact) mass is 222 g/mol. The summed E-state index contributed by atoms with van der Waals surface area (Å²) in [4.78, 5) is 21.8. The number of benzene rings is 1. The van der Waals surface area contributed by atoms with E-state index in [4.69, 9.17) is 10.5 Å². The molecule has 16 heavy (non-hydrogen) atoms. The van der Waals surface area contributed by atoms with Gasteiger partial charge in [0.05, 0.1) is 18.7 Å². The van der Waals surface area contributed by atoms with E-state index < -0.39 is 5.91 Å². The summed E-state index contributed by atoms with van der Waals surface area (Å²) in [5.74, 6) is -0.793. The van der Waals surface area contributed by atoms with Gasteiger partial charge in [0, 0.05) is 5.69 Å². The van der Waals surface area contributed by atoms with Crippen LogP contribution in [0.1, 0.15) is 17.3 Å². The van der Waals surface area contributed by atoms with Crippen LogP contribution in [0.3, 0.4) is 0 Å². The summed E-state index contributed by atoms with van der Waals surface area (Å²) in [5, 5.41) is 2.82. The molecule has 0 radical (unpaired) electrons. The molecule has 5 nitrogen and oxygen atoms in total. The van der Waals surface area contributed by atoms with Gasteiger partial charge in [0.15, 0.2) is 0 Å². The van der Waals surface area contributed by atoms with Crippen LogP contribution in [-0.2, 0) is 9.53 Å². The van der Waals surface area contributed by atoms with Crippen LogP contribution in [0.5, 0.6) is 0 Å². The first-order chi connectivity index (χ1) is 7.63. The number of ether oxygens (including phenoxy) is 1. The largest absolute Gasteiger partial charge is 0.462 e. The molecule has 0 spiro atoms. The van der Waals surface area contributed by atoms with Gasteiger partial charge < -0.3 is 15.8 Å². The summed E-state index contributed by atoms with van der Waals surface area (Å²) in [7, 11) is 0. The van der Waals surface area contributed by atoms with Gasteiger partial charge in [0.1, 0.15) is 0 Å². The first-order valence-electron chi connectivity index (χ1n) is 4.93. The normalized spacial score (nSPS) is 9.56. The maximum atomic E-state index is 11.3. The number of primary amides is 1. The predicted octanol–water partition coefficient (Wildman–Crippen LogP) is 0.760. The zero-order valence-electron chi connectivity index (χ0n) is 9.03. The van der Waals surface area contributed by atoms with E-state index in [2.05, 4.69) is 5.32 Å².